The van der Waals surface area contributed by atoms with Gasteiger partial charge in [0, 0.05) is 5.69 Å². The molecule has 0 heterocycles. The zero-order chi connectivity index (χ0) is 15.9. The number of hydrogen-bond donors (Lipinski definition) is 2. The fourth-order valence-corrected chi connectivity index (χ4v) is 1.90. The van der Waals surface area contributed by atoms with E-state index >= 15 is 0 Å². The van der Waals surface area contributed by atoms with Gasteiger partial charge in [0.05, 0.1) is 12.5 Å². The highest BCUT2D eigenvalue weighted by Crippen LogP contribution is 2.20. The number of carbonyl (C=O) groups excluding carboxylic acids is 1. The van der Waals surface area contributed by atoms with Crippen molar-refractivity contribution >= 4 is 11.6 Å². The van der Waals surface area contributed by atoms with Crippen LogP contribution in [0.2, 0.25) is 0 Å². The van der Waals surface area contributed by atoms with Gasteiger partial charge in [-0.2, -0.15) is 8.78 Å². The summed E-state index contributed by atoms with van der Waals surface area (Å²) in [7, 11) is 0. The quantitative estimate of drug-likeness (QED) is 0.860. The average Bonchev–Trinajstić information content (AvgIpc) is 2.49. The highest BCUT2D eigenvalue weighted by atomic mass is 19.3. The van der Waals surface area contributed by atoms with E-state index in [0.29, 0.717) is 11.3 Å². The van der Waals surface area contributed by atoms with Crippen LogP contribution in [0.5, 0.6) is 5.75 Å². The van der Waals surface area contributed by atoms with Crippen molar-refractivity contribution in [1.82, 2.24) is 0 Å². The molecule has 1 amide bonds. The first kappa shape index (κ1) is 15.9. The normalized spacial score (nSPS) is 12.0. The van der Waals surface area contributed by atoms with Gasteiger partial charge in [-0.15, -0.1) is 0 Å². The maximum Gasteiger partial charge on any atom is 0.387 e. The lowest BCUT2D eigenvalue weighted by Gasteiger charge is -2.11. The first-order chi connectivity index (χ1) is 10.5. The Hall–Kier alpha value is -2.47. The van der Waals surface area contributed by atoms with Gasteiger partial charge >= 0.3 is 6.61 Å². The summed E-state index contributed by atoms with van der Waals surface area (Å²) in [6, 6.07) is 14.4. The van der Waals surface area contributed by atoms with E-state index < -0.39 is 12.7 Å². The van der Waals surface area contributed by atoms with Crippen molar-refractivity contribution in [2.75, 3.05) is 5.32 Å². The van der Waals surface area contributed by atoms with E-state index in [2.05, 4.69) is 10.1 Å². The van der Waals surface area contributed by atoms with Gasteiger partial charge in [0.25, 0.3) is 0 Å². The Balaban J connectivity index is 1.89. The summed E-state index contributed by atoms with van der Waals surface area (Å²) < 4.78 is 28.2. The monoisotopic (exact) mass is 307 g/mol. The fraction of sp³-hybridized carbons (Fsp3) is 0.188. The van der Waals surface area contributed by atoms with Crippen molar-refractivity contribution in [2.24, 2.45) is 0 Å². The van der Waals surface area contributed by atoms with Crippen molar-refractivity contribution < 1.29 is 23.4 Å². The van der Waals surface area contributed by atoms with Gasteiger partial charge < -0.3 is 15.2 Å². The predicted molar refractivity (Wildman–Crippen MR) is 77.7 cm³/mol. The summed E-state index contributed by atoms with van der Waals surface area (Å²) in [5.74, 6) is -0.365. The number of halogens is 2. The third kappa shape index (κ3) is 4.82. The van der Waals surface area contributed by atoms with Gasteiger partial charge in [0.15, 0.2) is 0 Å². The molecule has 0 fully saturated rings. The maximum absolute atomic E-state index is 12.0. The number of benzene rings is 2. The number of nitrogens with one attached hydrogen (secondary N) is 1. The Bertz CT molecular complexity index is 603. The molecule has 2 aromatic carbocycles. The molecule has 0 aliphatic carbocycles. The van der Waals surface area contributed by atoms with Crippen LogP contribution in [0.3, 0.4) is 0 Å². The lowest BCUT2D eigenvalue weighted by atomic mass is 10.1. The smallest absolute Gasteiger partial charge is 0.387 e. The zero-order valence-corrected chi connectivity index (χ0v) is 11.6. The molecule has 0 radical (unpaired) electrons. The molecule has 0 aliphatic heterocycles. The van der Waals surface area contributed by atoms with Gasteiger partial charge in [0.2, 0.25) is 5.91 Å². The number of ether oxygens (including phenoxy) is 1. The second kappa shape index (κ2) is 7.51. The van der Waals surface area contributed by atoms with Gasteiger partial charge in [-0.1, -0.05) is 30.3 Å². The lowest BCUT2D eigenvalue weighted by Crippen LogP contribution is -2.15. The van der Waals surface area contributed by atoms with Crippen LogP contribution in [0.15, 0.2) is 54.6 Å². The van der Waals surface area contributed by atoms with Crippen LogP contribution in [0.1, 0.15) is 18.1 Å². The Kier molecular flexibility index (Phi) is 5.43. The molecule has 0 aromatic heterocycles. The highest BCUT2D eigenvalue weighted by molar-refractivity contribution is 5.91. The minimum absolute atomic E-state index is 0.0114. The topological polar surface area (TPSA) is 58.6 Å². The van der Waals surface area contributed by atoms with E-state index in [1.165, 1.54) is 24.3 Å². The molecule has 6 heteroatoms. The van der Waals surface area contributed by atoms with E-state index in [1.54, 1.807) is 24.3 Å². The molecule has 0 spiro atoms. The van der Waals surface area contributed by atoms with Gasteiger partial charge in [-0.05, 0) is 29.8 Å². The number of hydrogen-bond acceptors (Lipinski definition) is 3. The van der Waals surface area contributed by atoms with Crippen molar-refractivity contribution in [1.29, 1.82) is 0 Å². The molecule has 0 saturated heterocycles. The molecule has 4 nitrogen and oxygen atoms in total. The second-order valence-corrected chi connectivity index (χ2v) is 4.58. The number of rotatable bonds is 6. The lowest BCUT2D eigenvalue weighted by molar-refractivity contribution is -0.118. The summed E-state index contributed by atoms with van der Waals surface area (Å²) in [4.78, 5) is 11.8. The molecular formula is C16H15F2NO3. The molecular weight excluding hydrogens is 292 g/mol. The third-order valence-electron chi connectivity index (χ3n) is 2.93. The van der Waals surface area contributed by atoms with Crippen LogP contribution in [0.25, 0.3) is 0 Å². The molecule has 1 atom stereocenters. The largest absolute Gasteiger partial charge is 0.435 e. The minimum Gasteiger partial charge on any atom is -0.435 e. The Morgan fingerprint density at radius 3 is 2.32 bits per heavy atom. The van der Waals surface area contributed by atoms with Crippen molar-refractivity contribution in [3.05, 3.63) is 60.2 Å². The van der Waals surface area contributed by atoms with Gasteiger partial charge in [-0.3, -0.25) is 4.79 Å². The van der Waals surface area contributed by atoms with E-state index in [0.717, 1.165) is 0 Å². The maximum atomic E-state index is 12.0. The zero-order valence-electron chi connectivity index (χ0n) is 11.6. The molecule has 2 N–H and O–H groups in total. The Labute approximate surface area is 126 Å². The van der Waals surface area contributed by atoms with Crippen LogP contribution in [0, 0.1) is 0 Å². The number of carbonyl (C=O) groups is 1. The molecule has 1 unspecified atom stereocenters. The molecule has 116 valence electrons. The van der Waals surface area contributed by atoms with Crippen LogP contribution in [0.4, 0.5) is 14.5 Å². The molecule has 2 aromatic rings. The number of alkyl halides is 2. The van der Waals surface area contributed by atoms with Crippen LogP contribution in [-0.4, -0.2) is 17.6 Å². The number of aliphatic hydroxyl groups excluding tert-OH is 1. The Morgan fingerprint density at radius 1 is 1.09 bits per heavy atom. The summed E-state index contributed by atoms with van der Waals surface area (Å²) in [5, 5.41) is 12.5. The van der Waals surface area contributed by atoms with Crippen molar-refractivity contribution in [3.63, 3.8) is 0 Å². The molecule has 2 rings (SSSR count). The number of aliphatic hydroxyl groups is 1. The van der Waals surface area contributed by atoms with Crippen LogP contribution < -0.4 is 10.1 Å². The van der Waals surface area contributed by atoms with E-state index in [4.69, 9.17) is 0 Å². The van der Waals surface area contributed by atoms with Crippen LogP contribution in [-0.2, 0) is 4.79 Å². The summed E-state index contributed by atoms with van der Waals surface area (Å²) in [6.45, 7) is -2.89. The third-order valence-corrected chi connectivity index (χ3v) is 2.93. The molecule has 22 heavy (non-hydrogen) atoms. The molecule has 0 bridgehead atoms. The first-order valence-electron chi connectivity index (χ1n) is 6.62. The Morgan fingerprint density at radius 2 is 1.73 bits per heavy atom. The van der Waals surface area contributed by atoms with Crippen molar-refractivity contribution in [2.45, 2.75) is 19.1 Å². The molecule has 0 saturated carbocycles. The van der Waals surface area contributed by atoms with E-state index in [9.17, 15) is 18.7 Å². The van der Waals surface area contributed by atoms with E-state index in [-0.39, 0.29) is 18.1 Å². The summed E-state index contributed by atoms with van der Waals surface area (Å²) in [6.07, 6.45) is -0.998. The van der Waals surface area contributed by atoms with Crippen molar-refractivity contribution in [3.8, 4) is 5.75 Å². The predicted octanol–water partition coefficient (Wildman–Crippen LogP) is 3.35. The minimum atomic E-state index is -2.89. The number of anilines is 1. The van der Waals surface area contributed by atoms with Crippen LogP contribution >= 0.6 is 0 Å². The summed E-state index contributed by atoms with van der Waals surface area (Å²) >= 11 is 0. The van der Waals surface area contributed by atoms with Gasteiger partial charge in [0.1, 0.15) is 5.75 Å². The fourth-order valence-electron chi connectivity index (χ4n) is 1.90. The highest BCUT2D eigenvalue weighted by Gasteiger charge is 2.13. The SMILES string of the molecule is O=C(CC(O)c1ccccc1)Nc1ccc(OC(F)F)cc1. The first-order valence-corrected chi connectivity index (χ1v) is 6.62. The van der Waals surface area contributed by atoms with Gasteiger partial charge in [-0.25, -0.2) is 0 Å². The standard InChI is InChI=1S/C16H15F2NO3/c17-16(18)22-13-8-6-12(7-9-13)19-15(21)10-14(20)11-4-2-1-3-5-11/h1-9,14,16,20H,10H2,(H,19,21). The molecule has 0 aliphatic rings. The second-order valence-electron chi connectivity index (χ2n) is 4.58. The average molecular weight is 307 g/mol. The number of amides is 1. The van der Waals surface area contributed by atoms with E-state index in [1.807, 2.05) is 6.07 Å². The summed E-state index contributed by atoms with van der Waals surface area (Å²) in [5.41, 5.74) is 1.09.